The Kier molecular flexibility index (Phi) is 5.14. The normalized spacial score (nSPS) is 10.2. The monoisotopic (exact) mass is 219 g/mol. The van der Waals surface area contributed by atoms with Crippen molar-refractivity contribution >= 4 is 16.1 Å². The first-order valence-electron chi connectivity index (χ1n) is 3.87. The molecule has 1 aromatic carbocycles. The average molecular weight is 219 g/mol. The summed E-state index contributed by atoms with van der Waals surface area (Å²) in [5.41, 5.74) is 7.66. The van der Waals surface area contributed by atoms with Crippen molar-refractivity contribution < 1.29 is 17.5 Å². The van der Waals surface area contributed by atoms with Crippen LogP contribution in [0.4, 0.5) is 5.69 Å². The first-order valence-corrected chi connectivity index (χ1v) is 5.27. The standard InChI is InChI=1S/C8H11N.H2O4S/c1-2-7-3-5-8(9)6-4-7;1-5(2,3)4/h3-6H,2,9H2,1H3;(H2,1,2,3,4). The van der Waals surface area contributed by atoms with Gasteiger partial charge in [-0.15, -0.1) is 0 Å². The lowest BCUT2D eigenvalue weighted by atomic mass is 10.2. The second-order valence-corrected chi connectivity index (χ2v) is 3.44. The predicted octanol–water partition coefficient (Wildman–Crippen LogP) is 1.18. The van der Waals surface area contributed by atoms with Crippen LogP contribution < -0.4 is 5.73 Å². The molecule has 6 heteroatoms. The van der Waals surface area contributed by atoms with Gasteiger partial charge in [0.1, 0.15) is 0 Å². The minimum Gasteiger partial charge on any atom is -0.399 e. The Hall–Kier alpha value is -1.11. The van der Waals surface area contributed by atoms with Gasteiger partial charge >= 0.3 is 10.4 Å². The van der Waals surface area contributed by atoms with Crippen LogP contribution in [0.25, 0.3) is 0 Å². The molecule has 4 N–H and O–H groups in total. The summed E-state index contributed by atoms with van der Waals surface area (Å²) in [5.74, 6) is 0. The van der Waals surface area contributed by atoms with E-state index in [2.05, 4.69) is 19.1 Å². The van der Waals surface area contributed by atoms with E-state index in [0.717, 1.165) is 12.1 Å². The molecule has 14 heavy (non-hydrogen) atoms. The van der Waals surface area contributed by atoms with E-state index in [1.54, 1.807) is 0 Å². The van der Waals surface area contributed by atoms with E-state index in [-0.39, 0.29) is 0 Å². The van der Waals surface area contributed by atoms with E-state index < -0.39 is 10.4 Å². The van der Waals surface area contributed by atoms with Gasteiger partial charge in [0, 0.05) is 5.69 Å². The third kappa shape index (κ3) is 8.98. The average Bonchev–Trinajstić information content (AvgIpc) is 2.03. The number of hydrogen-bond donors (Lipinski definition) is 3. The maximum atomic E-state index is 8.74. The molecule has 0 aliphatic rings. The molecule has 0 aliphatic heterocycles. The Morgan fingerprint density at radius 3 is 1.86 bits per heavy atom. The van der Waals surface area contributed by atoms with Crippen molar-refractivity contribution in [3.63, 3.8) is 0 Å². The van der Waals surface area contributed by atoms with Crippen molar-refractivity contribution in [1.29, 1.82) is 0 Å². The van der Waals surface area contributed by atoms with Crippen LogP contribution in [0.2, 0.25) is 0 Å². The van der Waals surface area contributed by atoms with Gasteiger partial charge in [0.05, 0.1) is 0 Å². The Morgan fingerprint density at radius 1 is 1.21 bits per heavy atom. The van der Waals surface area contributed by atoms with Crippen LogP contribution in [0.1, 0.15) is 12.5 Å². The molecule has 0 fully saturated rings. The van der Waals surface area contributed by atoms with Gasteiger partial charge in [-0.1, -0.05) is 19.1 Å². The van der Waals surface area contributed by atoms with Gasteiger partial charge in [-0.05, 0) is 24.1 Å². The number of nitrogen functional groups attached to an aromatic ring is 1. The molecule has 1 aromatic rings. The fraction of sp³-hybridized carbons (Fsp3) is 0.250. The molecule has 0 atom stereocenters. The summed E-state index contributed by atoms with van der Waals surface area (Å²) in [6.07, 6.45) is 1.08. The van der Waals surface area contributed by atoms with Crippen molar-refractivity contribution in [1.82, 2.24) is 0 Å². The highest BCUT2D eigenvalue weighted by atomic mass is 32.3. The van der Waals surface area contributed by atoms with Gasteiger partial charge < -0.3 is 5.73 Å². The summed E-state index contributed by atoms with van der Waals surface area (Å²) >= 11 is 0. The molecule has 0 aliphatic carbocycles. The molecule has 0 saturated heterocycles. The number of nitrogens with two attached hydrogens (primary N) is 1. The van der Waals surface area contributed by atoms with Crippen molar-refractivity contribution in [3.8, 4) is 0 Å². The third-order valence-electron chi connectivity index (χ3n) is 1.39. The molecule has 5 nitrogen and oxygen atoms in total. The lowest BCUT2D eigenvalue weighted by Crippen LogP contribution is -1.89. The van der Waals surface area contributed by atoms with Gasteiger partial charge in [-0.25, -0.2) is 0 Å². The van der Waals surface area contributed by atoms with E-state index in [1.807, 2.05) is 12.1 Å². The maximum absolute atomic E-state index is 8.74. The van der Waals surface area contributed by atoms with Crippen molar-refractivity contribution in [2.75, 3.05) is 5.73 Å². The number of anilines is 1. The highest BCUT2D eigenvalue weighted by molar-refractivity contribution is 7.79. The Balaban J connectivity index is 0.000000292. The first kappa shape index (κ1) is 12.9. The van der Waals surface area contributed by atoms with Crippen LogP contribution in [0.15, 0.2) is 24.3 Å². The van der Waals surface area contributed by atoms with Crippen molar-refractivity contribution in [2.45, 2.75) is 13.3 Å². The molecule has 0 amide bonds. The summed E-state index contributed by atoms with van der Waals surface area (Å²) < 4.78 is 31.6. The van der Waals surface area contributed by atoms with Crippen LogP contribution in [-0.4, -0.2) is 17.5 Å². The van der Waals surface area contributed by atoms with Crippen LogP contribution in [-0.2, 0) is 16.8 Å². The topological polar surface area (TPSA) is 101 Å². The van der Waals surface area contributed by atoms with Gasteiger partial charge in [0.2, 0.25) is 0 Å². The predicted molar refractivity (Wildman–Crippen MR) is 54.4 cm³/mol. The summed E-state index contributed by atoms with van der Waals surface area (Å²) in [5, 5.41) is 0. The number of aryl methyl sites for hydroxylation is 1. The van der Waals surface area contributed by atoms with Gasteiger partial charge in [-0.2, -0.15) is 8.42 Å². The fourth-order valence-electron chi connectivity index (χ4n) is 0.753. The lowest BCUT2D eigenvalue weighted by molar-refractivity contribution is 0.381. The Bertz CT molecular complexity index is 349. The highest BCUT2D eigenvalue weighted by Gasteiger charge is 1.85. The summed E-state index contributed by atoms with van der Waals surface area (Å²) in [4.78, 5) is 0. The lowest BCUT2D eigenvalue weighted by Gasteiger charge is -1.94. The van der Waals surface area contributed by atoms with Gasteiger partial charge in [-0.3, -0.25) is 9.11 Å². The number of benzene rings is 1. The van der Waals surface area contributed by atoms with E-state index in [0.29, 0.717) is 0 Å². The summed E-state index contributed by atoms with van der Waals surface area (Å²) in [6, 6.07) is 7.96. The second kappa shape index (κ2) is 5.58. The quantitative estimate of drug-likeness (QED) is 0.486. The molecular formula is C8H13NO4S. The zero-order valence-corrected chi connectivity index (χ0v) is 8.53. The van der Waals surface area contributed by atoms with Crippen molar-refractivity contribution in [3.05, 3.63) is 29.8 Å². The van der Waals surface area contributed by atoms with Crippen LogP contribution >= 0.6 is 0 Å². The SMILES string of the molecule is CCc1ccc(N)cc1.O=S(=O)(O)O. The van der Waals surface area contributed by atoms with Crippen LogP contribution in [0, 0.1) is 0 Å². The molecule has 0 radical (unpaired) electrons. The molecule has 0 saturated carbocycles. The third-order valence-corrected chi connectivity index (χ3v) is 1.39. The van der Waals surface area contributed by atoms with E-state index in [4.69, 9.17) is 23.3 Å². The van der Waals surface area contributed by atoms with Crippen molar-refractivity contribution in [2.24, 2.45) is 0 Å². The minimum atomic E-state index is -4.67. The molecule has 0 spiro atoms. The summed E-state index contributed by atoms with van der Waals surface area (Å²) in [7, 11) is -4.67. The van der Waals surface area contributed by atoms with E-state index in [1.165, 1.54) is 5.56 Å². The van der Waals surface area contributed by atoms with E-state index >= 15 is 0 Å². The number of hydrogen-bond acceptors (Lipinski definition) is 3. The summed E-state index contributed by atoms with van der Waals surface area (Å²) in [6.45, 7) is 2.13. The maximum Gasteiger partial charge on any atom is 0.394 e. The Labute approximate surface area is 83.1 Å². The molecule has 0 unspecified atom stereocenters. The molecule has 80 valence electrons. The molecule has 0 heterocycles. The van der Waals surface area contributed by atoms with Crippen LogP contribution in [0.5, 0.6) is 0 Å². The second-order valence-electron chi connectivity index (χ2n) is 2.54. The van der Waals surface area contributed by atoms with Gasteiger partial charge in [0.25, 0.3) is 0 Å². The van der Waals surface area contributed by atoms with E-state index in [9.17, 15) is 0 Å². The smallest absolute Gasteiger partial charge is 0.394 e. The Morgan fingerprint density at radius 2 is 1.57 bits per heavy atom. The number of rotatable bonds is 1. The first-order chi connectivity index (χ1) is 6.33. The van der Waals surface area contributed by atoms with Gasteiger partial charge in [0.15, 0.2) is 0 Å². The highest BCUT2D eigenvalue weighted by Crippen LogP contribution is 2.04. The minimum absolute atomic E-state index is 0.840. The molecule has 0 bridgehead atoms. The molecular weight excluding hydrogens is 206 g/mol. The molecule has 1 rings (SSSR count). The fourth-order valence-corrected chi connectivity index (χ4v) is 0.753. The van der Waals surface area contributed by atoms with Crippen LogP contribution in [0.3, 0.4) is 0 Å². The largest absolute Gasteiger partial charge is 0.399 e. The zero-order valence-electron chi connectivity index (χ0n) is 7.71. The molecule has 0 aromatic heterocycles. The zero-order chi connectivity index (χ0) is 11.2.